The van der Waals surface area contributed by atoms with Gasteiger partial charge in [-0.1, -0.05) is 158 Å². The van der Waals surface area contributed by atoms with Crippen molar-refractivity contribution in [1.82, 2.24) is 10.6 Å². The quantitative estimate of drug-likeness (QED) is 0.146. The van der Waals surface area contributed by atoms with Crippen LogP contribution in [0.2, 0.25) is 0 Å². The summed E-state index contributed by atoms with van der Waals surface area (Å²) < 4.78 is 6.67. The first-order chi connectivity index (χ1) is 27.7. The van der Waals surface area contributed by atoms with Gasteiger partial charge in [-0.2, -0.15) is 0 Å². The van der Waals surface area contributed by atoms with E-state index in [1.807, 2.05) is 6.07 Å². The van der Waals surface area contributed by atoms with Crippen molar-refractivity contribution in [3.63, 3.8) is 0 Å². The molecule has 2 aliphatic carbocycles. The Kier molecular flexibility index (Phi) is 8.93. The lowest BCUT2D eigenvalue weighted by atomic mass is 9.77. The van der Waals surface area contributed by atoms with Gasteiger partial charge in [-0.05, 0) is 70.9 Å². The number of benzene rings is 5. The predicted molar refractivity (Wildman–Crippen MR) is 228 cm³/mol. The van der Waals surface area contributed by atoms with Gasteiger partial charge in [0.05, 0.1) is 12.1 Å². The Balaban J connectivity index is 1.00. The molecule has 5 nitrogen and oxygen atoms in total. The molecule has 5 aromatic carbocycles. The summed E-state index contributed by atoms with van der Waals surface area (Å²) in [7, 11) is 0. The number of amidine groups is 1. The van der Waals surface area contributed by atoms with E-state index in [2.05, 4.69) is 181 Å². The number of rotatable bonds is 7. The molecule has 5 atom stereocenters. The number of para-hydroxylation sites is 1. The molecule has 3 aliphatic heterocycles. The van der Waals surface area contributed by atoms with Crippen LogP contribution in [0.15, 0.2) is 198 Å². The summed E-state index contributed by atoms with van der Waals surface area (Å²) in [6, 6.07) is 48.5. The zero-order valence-corrected chi connectivity index (χ0v) is 31.2. The normalized spacial score (nSPS) is 23.6. The van der Waals surface area contributed by atoms with Gasteiger partial charge >= 0.3 is 0 Å². The molecule has 56 heavy (non-hydrogen) atoms. The Morgan fingerprint density at radius 3 is 2.20 bits per heavy atom. The Morgan fingerprint density at radius 1 is 0.714 bits per heavy atom. The fraction of sp³-hybridized carbons (Fsp3) is 0.157. The number of dihydropyridines is 1. The molecule has 5 unspecified atom stereocenters. The topological polar surface area (TPSA) is 71.7 Å². The number of hydrogen-bond acceptors (Lipinski definition) is 5. The summed E-state index contributed by atoms with van der Waals surface area (Å²) in [5.74, 6) is 2.31. The second-order valence-electron chi connectivity index (χ2n) is 15.2. The molecule has 274 valence electrons. The number of nitrogens with zero attached hydrogens (tertiary/aromatic N) is 1. The minimum Gasteiger partial charge on any atom is -0.489 e. The molecule has 3 heterocycles. The maximum absolute atomic E-state index is 7.19. The Morgan fingerprint density at radius 2 is 1.41 bits per heavy atom. The molecule has 0 spiro atoms. The number of allylic oxidation sites excluding steroid dienone is 6. The number of hydrogen-bond donors (Lipinski definition) is 3. The second-order valence-corrected chi connectivity index (χ2v) is 15.2. The van der Waals surface area contributed by atoms with Crippen LogP contribution in [-0.4, -0.2) is 18.0 Å². The number of aliphatic imine (C=N–C) groups is 1. The van der Waals surface area contributed by atoms with Crippen molar-refractivity contribution in [2.45, 2.75) is 43.4 Å². The zero-order chi connectivity index (χ0) is 37.4. The molecule has 4 N–H and O–H groups in total. The van der Waals surface area contributed by atoms with E-state index in [1.165, 1.54) is 16.7 Å². The lowest BCUT2D eigenvalue weighted by Crippen LogP contribution is -2.40. The van der Waals surface area contributed by atoms with Gasteiger partial charge in [0.2, 0.25) is 0 Å². The lowest BCUT2D eigenvalue weighted by Gasteiger charge is -2.35. The van der Waals surface area contributed by atoms with Crippen molar-refractivity contribution in [2.75, 3.05) is 0 Å². The Bertz CT molecular complexity index is 2490. The predicted octanol–water partition coefficient (Wildman–Crippen LogP) is 10.3. The first-order valence-electron chi connectivity index (χ1n) is 19.8. The van der Waals surface area contributed by atoms with Crippen LogP contribution in [0.4, 0.5) is 0 Å². The van der Waals surface area contributed by atoms with E-state index in [4.69, 9.17) is 15.5 Å². The maximum Gasteiger partial charge on any atom is 0.133 e. The first-order valence-corrected chi connectivity index (χ1v) is 19.8. The van der Waals surface area contributed by atoms with Crippen LogP contribution in [0.1, 0.15) is 64.6 Å². The molecule has 10 rings (SSSR count). The standard InChI is InChI=1S/C51H44N4O/c52-48(36-17-6-2-7-18-36)47(35-15-4-1-5-16-35)49-39-22-11-10-21-38(39)31-43(53-49)33-27-29-34(30-28-33)44-32-45(55-51(54-44)37-19-8-3-9-20-37)42-25-14-24-41-40-23-12-13-26-46(40)56-50(41)42/h1-10,12-21,23-24,26-32,41-42,45,48,50,53H,11,22,25,52H2,(H,54,55)/b49-47-. The van der Waals surface area contributed by atoms with Crippen molar-refractivity contribution in [1.29, 1.82) is 0 Å². The third kappa shape index (κ3) is 6.34. The molecular formula is C51H44N4O. The molecule has 0 aromatic heterocycles. The molecule has 5 aromatic rings. The minimum atomic E-state index is -0.307. The lowest BCUT2D eigenvalue weighted by molar-refractivity contribution is 0.133. The fourth-order valence-electron chi connectivity index (χ4n) is 8.99. The number of nitrogens with one attached hydrogen (secondary N) is 2. The second kappa shape index (κ2) is 14.7. The van der Waals surface area contributed by atoms with Gasteiger partial charge in [-0.3, -0.25) is 4.99 Å². The van der Waals surface area contributed by atoms with Crippen molar-refractivity contribution >= 4 is 22.8 Å². The summed E-state index contributed by atoms with van der Waals surface area (Å²) in [4.78, 5) is 5.36. The molecule has 0 amide bonds. The average molecular weight is 729 g/mol. The highest BCUT2D eigenvalue weighted by Crippen LogP contribution is 2.47. The molecule has 0 saturated heterocycles. The maximum atomic E-state index is 7.19. The van der Waals surface area contributed by atoms with Crippen LogP contribution in [0.25, 0.3) is 17.0 Å². The summed E-state index contributed by atoms with van der Waals surface area (Å²) >= 11 is 0. The smallest absolute Gasteiger partial charge is 0.133 e. The highest BCUT2D eigenvalue weighted by molar-refractivity contribution is 6.04. The van der Waals surface area contributed by atoms with Crippen molar-refractivity contribution < 1.29 is 4.74 Å². The SMILES string of the molecule is NC(/C(=C1\NC(c2ccc(C3=CC(C4CC=CC5c6ccccc6OC54)N=C(c4ccccc4)N3)cc2)=CC2=C1CCC=C2)c1ccccc1)c1ccccc1. The van der Waals surface area contributed by atoms with Crippen LogP contribution in [0, 0.1) is 5.92 Å². The summed E-state index contributed by atoms with van der Waals surface area (Å²) in [5, 5.41) is 7.64. The van der Waals surface area contributed by atoms with Gasteiger partial charge in [-0.25, -0.2) is 0 Å². The largest absolute Gasteiger partial charge is 0.489 e. The van der Waals surface area contributed by atoms with Gasteiger partial charge in [-0.15, -0.1) is 0 Å². The number of ether oxygens (including phenoxy) is 1. The van der Waals surface area contributed by atoms with Crippen LogP contribution in [0.5, 0.6) is 5.75 Å². The zero-order valence-electron chi connectivity index (χ0n) is 31.2. The average Bonchev–Trinajstić information content (AvgIpc) is 3.66. The summed E-state index contributed by atoms with van der Waals surface area (Å²) in [6.45, 7) is 0. The van der Waals surface area contributed by atoms with Crippen molar-refractivity contribution in [3.8, 4) is 5.75 Å². The third-order valence-electron chi connectivity index (χ3n) is 11.8. The van der Waals surface area contributed by atoms with Gasteiger partial charge in [0.15, 0.2) is 0 Å². The molecule has 0 saturated carbocycles. The monoisotopic (exact) mass is 728 g/mol. The summed E-state index contributed by atoms with van der Waals surface area (Å²) in [5.41, 5.74) is 20.8. The Labute approximate surface area is 329 Å². The van der Waals surface area contributed by atoms with E-state index < -0.39 is 0 Å². The van der Waals surface area contributed by atoms with Crippen LogP contribution >= 0.6 is 0 Å². The van der Waals surface area contributed by atoms with E-state index in [9.17, 15) is 0 Å². The van der Waals surface area contributed by atoms with Gasteiger partial charge in [0.25, 0.3) is 0 Å². The molecule has 0 radical (unpaired) electrons. The molecule has 0 bridgehead atoms. The first kappa shape index (κ1) is 34.1. The van der Waals surface area contributed by atoms with E-state index in [0.717, 1.165) is 81.3 Å². The fourth-order valence-corrected chi connectivity index (χ4v) is 8.99. The molecule has 5 heteroatoms. The number of fused-ring (bicyclic) bond motifs is 3. The van der Waals surface area contributed by atoms with E-state index in [-0.39, 0.29) is 30.0 Å². The third-order valence-corrected chi connectivity index (χ3v) is 11.8. The highest BCUT2D eigenvalue weighted by atomic mass is 16.5. The van der Waals surface area contributed by atoms with Crippen LogP contribution < -0.4 is 21.1 Å². The summed E-state index contributed by atoms with van der Waals surface area (Å²) in [6.07, 6.45) is 16.7. The van der Waals surface area contributed by atoms with Gasteiger partial charge < -0.3 is 21.1 Å². The van der Waals surface area contributed by atoms with Crippen LogP contribution in [0.3, 0.4) is 0 Å². The minimum absolute atomic E-state index is 0.0385. The number of nitrogens with two attached hydrogens (primary N) is 1. The van der Waals surface area contributed by atoms with E-state index in [0.29, 0.717) is 0 Å². The van der Waals surface area contributed by atoms with Gasteiger partial charge in [0, 0.05) is 45.6 Å². The van der Waals surface area contributed by atoms with E-state index >= 15 is 0 Å². The van der Waals surface area contributed by atoms with Crippen molar-refractivity contribution in [3.05, 3.63) is 226 Å². The van der Waals surface area contributed by atoms with E-state index in [1.54, 1.807) is 0 Å². The Hall–Kier alpha value is -6.43. The van der Waals surface area contributed by atoms with Gasteiger partial charge in [0.1, 0.15) is 17.7 Å². The highest BCUT2D eigenvalue weighted by Gasteiger charge is 2.43. The molecular weight excluding hydrogens is 685 g/mol. The molecule has 5 aliphatic rings. The van der Waals surface area contributed by atoms with Crippen molar-refractivity contribution in [2.24, 2.45) is 16.6 Å². The van der Waals surface area contributed by atoms with Crippen LogP contribution in [-0.2, 0) is 0 Å². The molecule has 0 fully saturated rings.